The highest BCUT2D eigenvalue weighted by atomic mass is 16.5. The Morgan fingerprint density at radius 2 is 2.10 bits per heavy atom. The van der Waals surface area contributed by atoms with Crippen LogP contribution in [0.1, 0.15) is 17.0 Å². The van der Waals surface area contributed by atoms with E-state index in [1.165, 1.54) is 0 Å². The van der Waals surface area contributed by atoms with Crippen molar-refractivity contribution in [1.29, 1.82) is 0 Å². The maximum atomic E-state index is 5.89. The second kappa shape index (κ2) is 4.90. The van der Waals surface area contributed by atoms with Crippen molar-refractivity contribution in [3.05, 3.63) is 47.5 Å². The van der Waals surface area contributed by atoms with Gasteiger partial charge >= 0.3 is 0 Å². The van der Waals surface area contributed by atoms with E-state index in [0.29, 0.717) is 18.1 Å². The van der Waals surface area contributed by atoms with Crippen LogP contribution in [-0.2, 0) is 6.54 Å². The van der Waals surface area contributed by atoms with Crippen LogP contribution in [0.25, 0.3) is 5.65 Å². The third-order valence-electron chi connectivity index (χ3n) is 3.16. The normalized spacial score (nSPS) is 10.9. The predicted octanol–water partition coefficient (Wildman–Crippen LogP) is 1.99. The molecule has 0 amide bonds. The SMILES string of the molecule is Cc1ccc(CN)cc1Oc1nccn2c(C)nnc12. The summed E-state index contributed by atoms with van der Waals surface area (Å²) in [5.74, 6) is 1.96. The van der Waals surface area contributed by atoms with Crippen molar-refractivity contribution in [3.8, 4) is 11.6 Å². The van der Waals surface area contributed by atoms with Crippen LogP contribution >= 0.6 is 0 Å². The summed E-state index contributed by atoms with van der Waals surface area (Å²) in [7, 11) is 0. The zero-order valence-electron chi connectivity index (χ0n) is 11.4. The highest BCUT2D eigenvalue weighted by molar-refractivity contribution is 5.51. The van der Waals surface area contributed by atoms with Crippen LogP contribution in [0.5, 0.6) is 11.6 Å². The lowest BCUT2D eigenvalue weighted by atomic mass is 10.1. The molecule has 20 heavy (non-hydrogen) atoms. The molecular weight excluding hydrogens is 254 g/mol. The summed E-state index contributed by atoms with van der Waals surface area (Å²) in [6.45, 7) is 4.33. The second-order valence-corrected chi connectivity index (χ2v) is 4.58. The van der Waals surface area contributed by atoms with Crippen LogP contribution in [-0.4, -0.2) is 19.6 Å². The number of benzene rings is 1. The minimum Gasteiger partial charge on any atom is -0.436 e. The Morgan fingerprint density at radius 3 is 2.90 bits per heavy atom. The summed E-state index contributed by atoms with van der Waals surface area (Å²) < 4.78 is 7.73. The molecule has 102 valence electrons. The highest BCUT2D eigenvalue weighted by Gasteiger charge is 2.11. The smallest absolute Gasteiger partial charge is 0.265 e. The molecule has 0 atom stereocenters. The van der Waals surface area contributed by atoms with Gasteiger partial charge in [-0.25, -0.2) is 4.98 Å². The molecule has 0 unspecified atom stereocenters. The van der Waals surface area contributed by atoms with Gasteiger partial charge in [-0.2, -0.15) is 0 Å². The summed E-state index contributed by atoms with van der Waals surface area (Å²) in [6, 6.07) is 5.88. The summed E-state index contributed by atoms with van der Waals surface area (Å²) >= 11 is 0. The first-order valence-electron chi connectivity index (χ1n) is 6.33. The topological polar surface area (TPSA) is 78.3 Å². The minimum absolute atomic E-state index is 0.436. The van der Waals surface area contributed by atoms with E-state index in [2.05, 4.69) is 15.2 Å². The van der Waals surface area contributed by atoms with Crippen molar-refractivity contribution in [1.82, 2.24) is 19.6 Å². The monoisotopic (exact) mass is 269 g/mol. The van der Waals surface area contributed by atoms with Gasteiger partial charge in [0.25, 0.3) is 5.88 Å². The molecule has 0 saturated heterocycles. The molecule has 1 aromatic carbocycles. The van der Waals surface area contributed by atoms with Crippen molar-refractivity contribution in [3.63, 3.8) is 0 Å². The number of nitrogens with zero attached hydrogens (tertiary/aromatic N) is 4. The van der Waals surface area contributed by atoms with Crippen LogP contribution in [0.2, 0.25) is 0 Å². The maximum Gasteiger partial charge on any atom is 0.265 e. The third-order valence-corrected chi connectivity index (χ3v) is 3.16. The number of hydrogen-bond donors (Lipinski definition) is 1. The van der Waals surface area contributed by atoms with Gasteiger partial charge in [0.2, 0.25) is 5.65 Å². The van der Waals surface area contributed by atoms with Gasteiger partial charge < -0.3 is 10.5 Å². The summed E-state index contributed by atoms with van der Waals surface area (Å²) in [4.78, 5) is 4.24. The molecule has 2 N–H and O–H groups in total. The van der Waals surface area contributed by atoms with E-state index < -0.39 is 0 Å². The molecule has 0 radical (unpaired) electrons. The largest absolute Gasteiger partial charge is 0.436 e. The predicted molar refractivity (Wildman–Crippen MR) is 74.7 cm³/mol. The first kappa shape index (κ1) is 12.6. The first-order chi connectivity index (χ1) is 9.69. The number of fused-ring (bicyclic) bond motifs is 1. The molecule has 0 aliphatic heterocycles. The molecule has 0 saturated carbocycles. The Hall–Kier alpha value is -2.47. The van der Waals surface area contributed by atoms with Crippen LogP contribution in [0.15, 0.2) is 30.6 Å². The fourth-order valence-electron chi connectivity index (χ4n) is 1.98. The minimum atomic E-state index is 0.436. The molecule has 2 heterocycles. The van der Waals surface area contributed by atoms with Crippen LogP contribution in [0, 0.1) is 13.8 Å². The molecule has 0 aliphatic rings. The Morgan fingerprint density at radius 1 is 1.25 bits per heavy atom. The van der Waals surface area contributed by atoms with E-state index in [9.17, 15) is 0 Å². The average Bonchev–Trinajstić information content (AvgIpc) is 2.84. The lowest BCUT2D eigenvalue weighted by Crippen LogP contribution is -1.99. The first-order valence-corrected chi connectivity index (χ1v) is 6.33. The van der Waals surface area contributed by atoms with E-state index in [4.69, 9.17) is 10.5 Å². The van der Waals surface area contributed by atoms with E-state index in [1.54, 1.807) is 12.4 Å². The maximum absolute atomic E-state index is 5.89. The molecule has 0 bridgehead atoms. The van der Waals surface area contributed by atoms with Crippen molar-refractivity contribution in [2.45, 2.75) is 20.4 Å². The van der Waals surface area contributed by atoms with Crippen LogP contribution in [0.4, 0.5) is 0 Å². The standard InChI is InChI=1S/C14H15N5O/c1-9-3-4-11(8-15)7-12(9)20-14-13-18-17-10(2)19(13)6-5-16-14/h3-7H,8,15H2,1-2H3. The van der Waals surface area contributed by atoms with Crippen LogP contribution in [0.3, 0.4) is 0 Å². The molecule has 2 aromatic heterocycles. The Balaban J connectivity index is 2.05. The highest BCUT2D eigenvalue weighted by Crippen LogP contribution is 2.27. The van der Waals surface area contributed by atoms with E-state index in [0.717, 1.165) is 22.7 Å². The van der Waals surface area contributed by atoms with E-state index in [1.807, 2.05) is 36.4 Å². The Bertz CT molecular complexity index is 765. The van der Waals surface area contributed by atoms with Gasteiger partial charge in [-0.05, 0) is 31.0 Å². The van der Waals surface area contributed by atoms with Gasteiger partial charge in [-0.3, -0.25) is 4.40 Å². The van der Waals surface area contributed by atoms with Gasteiger partial charge in [0.05, 0.1) is 0 Å². The van der Waals surface area contributed by atoms with Crippen molar-refractivity contribution < 1.29 is 4.74 Å². The Kier molecular flexibility index (Phi) is 3.08. The lowest BCUT2D eigenvalue weighted by Gasteiger charge is -2.09. The fraction of sp³-hybridized carbons (Fsp3) is 0.214. The van der Waals surface area contributed by atoms with Gasteiger partial charge in [0, 0.05) is 18.9 Å². The zero-order chi connectivity index (χ0) is 14.1. The number of nitrogens with two attached hydrogens (primary N) is 1. The van der Waals surface area contributed by atoms with Crippen molar-refractivity contribution >= 4 is 5.65 Å². The number of rotatable bonds is 3. The number of ether oxygens (including phenoxy) is 1. The van der Waals surface area contributed by atoms with E-state index >= 15 is 0 Å². The molecule has 3 aromatic rings. The van der Waals surface area contributed by atoms with Gasteiger partial charge in [-0.15, -0.1) is 10.2 Å². The lowest BCUT2D eigenvalue weighted by molar-refractivity contribution is 0.460. The molecule has 0 spiro atoms. The number of aromatic nitrogens is 4. The Labute approximate surface area is 116 Å². The third kappa shape index (κ3) is 2.10. The van der Waals surface area contributed by atoms with Crippen molar-refractivity contribution in [2.75, 3.05) is 0 Å². The molecule has 0 aliphatic carbocycles. The molecular formula is C14H15N5O. The van der Waals surface area contributed by atoms with Gasteiger partial charge in [0.15, 0.2) is 0 Å². The molecule has 6 nitrogen and oxygen atoms in total. The molecule has 0 fully saturated rings. The second-order valence-electron chi connectivity index (χ2n) is 4.58. The summed E-state index contributed by atoms with van der Waals surface area (Å²) in [6.07, 6.45) is 3.47. The number of hydrogen-bond acceptors (Lipinski definition) is 5. The van der Waals surface area contributed by atoms with Crippen molar-refractivity contribution in [2.24, 2.45) is 5.73 Å². The number of aryl methyl sites for hydroxylation is 2. The molecule has 6 heteroatoms. The quantitative estimate of drug-likeness (QED) is 0.786. The van der Waals surface area contributed by atoms with E-state index in [-0.39, 0.29) is 0 Å². The van der Waals surface area contributed by atoms with Gasteiger partial charge in [0.1, 0.15) is 11.6 Å². The van der Waals surface area contributed by atoms with Crippen LogP contribution < -0.4 is 10.5 Å². The molecule has 3 rings (SSSR count). The average molecular weight is 269 g/mol. The summed E-state index contributed by atoms with van der Waals surface area (Å²) in [5, 5.41) is 8.11. The zero-order valence-corrected chi connectivity index (χ0v) is 11.4. The summed E-state index contributed by atoms with van der Waals surface area (Å²) in [5.41, 5.74) is 8.28. The fourth-order valence-corrected chi connectivity index (χ4v) is 1.98. The van der Waals surface area contributed by atoms with Gasteiger partial charge in [-0.1, -0.05) is 12.1 Å².